The lowest BCUT2D eigenvalue weighted by Crippen LogP contribution is -2.38. The molecule has 1 amide bonds. The van der Waals surface area contributed by atoms with Gasteiger partial charge in [0.25, 0.3) is 5.91 Å². The van der Waals surface area contributed by atoms with Crippen LogP contribution in [-0.2, 0) is 21.3 Å². The van der Waals surface area contributed by atoms with Crippen LogP contribution in [0.2, 0.25) is 5.02 Å². The van der Waals surface area contributed by atoms with Crippen LogP contribution >= 0.6 is 11.6 Å². The van der Waals surface area contributed by atoms with Crippen LogP contribution in [0.1, 0.15) is 53.7 Å². The minimum atomic E-state index is -3.84. The Kier molecular flexibility index (Phi) is 8.80. The molecule has 1 aliphatic rings. The number of rotatable bonds is 9. The van der Waals surface area contributed by atoms with E-state index in [0.29, 0.717) is 30.2 Å². The molecule has 0 aromatic heterocycles. The molecule has 1 unspecified atom stereocenters. The van der Waals surface area contributed by atoms with Crippen molar-refractivity contribution in [3.8, 4) is 0 Å². The smallest absolute Gasteiger partial charge is 0.251 e. The number of nitrogens with one attached hydrogen (secondary N) is 1. The third kappa shape index (κ3) is 6.34. The maximum Gasteiger partial charge on any atom is 0.251 e. The second-order valence-electron chi connectivity index (χ2n) is 8.90. The van der Waals surface area contributed by atoms with Gasteiger partial charge in [-0.3, -0.25) is 4.79 Å². The quantitative estimate of drug-likeness (QED) is 0.394. The van der Waals surface area contributed by atoms with Gasteiger partial charge in [-0.2, -0.15) is 4.31 Å². The molecule has 1 heterocycles. The highest BCUT2D eigenvalue weighted by Crippen LogP contribution is 2.32. The molecule has 0 bridgehead atoms. The van der Waals surface area contributed by atoms with Crippen molar-refractivity contribution in [2.24, 2.45) is 0 Å². The Bertz CT molecular complexity index is 1240. The lowest BCUT2D eigenvalue weighted by molar-refractivity contribution is 0.0696. The van der Waals surface area contributed by atoms with Gasteiger partial charge in [0.1, 0.15) is 0 Å². The van der Waals surface area contributed by atoms with Gasteiger partial charge in [0.15, 0.2) is 0 Å². The SMILES string of the molecule is CCC(c1ccccc1)N(Cc1ccc(C(=O)NC2CCOCC2)cc1)S(=O)(=O)c1ccc(Cl)cc1. The minimum Gasteiger partial charge on any atom is -0.381 e. The van der Waals surface area contributed by atoms with E-state index >= 15 is 0 Å². The summed E-state index contributed by atoms with van der Waals surface area (Å²) in [7, 11) is -3.84. The number of ether oxygens (including phenoxy) is 1. The highest BCUT2D eigenvalue weighted by Gasteiger charge is 2.32. The summed E-state index contributed by atoms with van der Waals surface area (Å²) in [5.41, 5.74) is 2.27. The van der Waals surface area contributed by atoms with Crippen molar-refractivity contribution in [1.82, 2.24) is 9.62 Å². The van der Waals surface area contributed by atoms with Crippen molar-refractivity contribution in [3.63, 3.8) is 0 Å². The van der Waals surface area contributed by atoms with Crippen LogP contribution < -0.4 is 5.32 Å². The summed E-state index contributed by atoms with van der Waals surface area (Å²) in [4.78, 5) is 12.9. The second-order valence-corrected chi connectivity index (χ2v) is 11.2. The number of sulfonamides is 1. The molecule has 3 aromatic rings. The van der Waals surface area contributed by atoms with Crippen LogP contribution in [0.3, 0.4) is 0 Å². The Labute approximate surface area is 218 Å². The molecule has 0 aliphatic carbocycles. The maximum absolute atomic E-state index is 13.8. The molecule has 1 saturated heterocycles. The van der Waals surface area contributed by atoms with E-state index in [1.165, 1.54) is 16.4 Å². The molecular formula is C28H31ClN2O4S. The molecule has 8 heteroatoms. The summed E-state index contributed by atoms with van der Waals surface area (Å²) < 4.78 is 34.5. The lowest BCUT2D eigenvalue weighted by atomic mass is 10.0. The highest BCUT2D eigenvalue weighted by molar-refractivity contribution is 7.89. The summed E-state index contributed by atoms with van der Waals surface area (Å²) in [6.45, 7) is 3.45. The molecule has 3 aromatic carbocycles. The fraction of sp³-hybridized carbons (Fsp3) is 0.321. The Morgan fingerprint density at radius 3 is 2.25 bits per heavy atom. The summed E-state index contributed by atoms with van der Waals surface area (Å²) in [6, 6.07) is 22.8. The van der Waals surface area contributed by atoms with Gasteiger partial charge in [-0.05, 0) is 66.8 Å². The lowest BCUT2D eigenvalue weighted by Gasteiger charge is -2.31. The fourth-order valence-electron chi connectivity index (χ4n) is 4.44. The number of hydrogen-bond acceptors (Lipinski definition) is 4. The Morgan fingerprint density at radius 2 is 1.64 bits per heavy atom. The first kappa shape index (κ1) is 26.4. The van der Waals surface area contributed by atoms with E-state index < -0.39 is 10.0 Å². The predicted molar refractivity (Wildman–Crippen MR) is 141 cm³/mol. The average Bonchev–Trinajstić information content (AvgIpc) is 2.90. The van der Waals surface area contributed by atoms with Crippen molar-refractivity contribution in [1.29, 1.82) is 0 Å². The van der Waals surface area contributed by atoms with Gasteiger partial charge in [0.2, 0.25) is 10.0 Å². The van der Waals surface area contributed by atoms with Crippen LogP contribution in [-0.4, -0.2) is 37.9 Å². The molecule has 0 saturated carbocycles. The van der Waals surface area contributed by atoms with Gasteiger partial charge in [-0.15, -0.1) is 0 Å². The zero-order valence-corrected chi connectivity index (χ0v) is 21.8. The van der Waals surface area contributed by atoms with Gasteiger partial charge in [-0.25, -0.2) is 8.42 Å². The standard InChI is InChI=1S/C28H31ClN2O4S/c1-2-27(22-6-4-3-5-7-22)31(36(33,34)26-14-12-24(29)13-15-26)20-21-8-10-23(11-9-21)28(32)30-25-16-18-35-19-17-25/h3-15,25,27H,2,16-20H2,1H3,(H,30,32). The summed E-state index contributed by atoms with van der Waals surface area (Å²) >= 11 is 6.01. The third-order valence-electron chi connectivity index (χ3n) is 6.45. The first-order chi connectivity index (χ1) is 17.4. The predicted octanol–water partition coefficient (Wildman–Crippen LogP) is 5.59. The molecule has 0 spiro atoms. The largest absolute Gasteiger partial charge is 0.381 e. The Morgan fingerprint density at radius 1 is 1.00 bits per heavy atom. The number of hydrogen-bond donors (Lipinski definition) is 1. The Balaban J connectivity index is 1.60. The van der Waals surface area contributed by atoms with Crippen molar-refractivity contribution >= 4 is 27.5 Å². The van der Waals surface area contributed by atoms with E-state index in [1.807, 2.05) is 49.4 Å². The van der Waals surface area contributed by atoms with Crippen LogP contribution in [0.15, 0.2) is 83.8 Å². The van der Waals surface area contributed by atoms with Gasteiger partial charge in [0.05, 0.1) is 10.9 Å². The van der Waals surface area contributed by atoms with Gasteiger partial charge >= 0.3 is 0 Å². The topological polar surface area (TPSA) is 75.7 Å². The third-order valence-corrected chi connectivity index (χ3v) is 8.57. The van der Waals surface area contributed by atoms with Crippen molar-refractivity contribution in [2.45, 2.75) is 49.7 Å². The normalized spacial score (nSPS) is 15.5. The molecule has 190 valence electrons. The molecule has 36 heavy (non-hydrogen) atoms. The van der Waals surface area contributed by atoms with E-state index in [2.05, 4.69) is 5.32 Å². The van der Waals surface area contributed by atoms with E-state index in [0.717, 1.165) is 24.0 Å². The zero-order valence-electron chi connectivity index (χ0n) is 20.3. The van der Waals surface area contributed by atoms with E-state index in [9.17, 15) is 13.2 Å². The van der Waals surface area contributed by atoms with Crippen LogP contribution in [0.25, 0.3) is 0 Å². The van der Waals surface area contributed by atoms with Gasteiger partial charge in [0, 0.05) is 36.4 Å². The van der Waals surface area contributed by atoms with Crippen molar-refractivity contribution in [3.05, 3.63) is 101 Å². The molecular weight excluding hydrogens is 496 g/mol. The van der Waals surface area contributed by atoms with E-state index in [1.54, 1.807) is 24.3 Å². The molecule has 0 radical (unpaired) electrons. The van der Waals surface area contributed by atoms with Gasteiger partial charge < -0.3 is 10.1 Å². The zero-order chi connectivity index (χ0) is 25.5. The first-order valence-electron chi connectivity index (χ1n) is 12.2. The number of carbonyl (C=O) groups excluding carboxylic acids is 1. The molecule has 1 atom stereocenters. The highest BCUT2D eigenvalue weighted by atomic mass is 35.5. The first-order valence-corrected chi connectivity index (χ1v) is 14.0. The monoisotopic (exact) mass is 526 g/mol. The second kappa shape index (κ2) is 12.0. The summed E-state index contributed by atoms with van der Waals surface area (Å²) in [5.74, 6) is -0.130. The number of carbonyl (C=O) groups is 1. The minimum absolute atomic E-state index is 0.113. The van der Waals surface area contributed by atoms with Crippen molar-refractivity contribution < 1.29 is 17.9 Å². The van der Waals surface area contributed by atoms with Crippen LogP contribution in [0, 0.1) is 0 Å². The van der Waals surface area contributed by atoms with Crippen molar-refractivity contribution in [2.75, 3.05) is 13.2 Å². The number of benzene rings is 3. The number of amides is 1. The van der Waals surface area contributed by atoms with Gasteiger partial charge in [-0.1, -0.05) is 61.0 Å². The summed E-state index contributed by atoms with van der Waals surface area (Å²) in [6.07, 6.45) is 2.21. The summed E-state index contributed by atoms with van der Waals surface area (Å²) in [5, 5.41) is 3.54. The molecule has 1 N–H and O–H groups in total. The number of halogens is 1. The molecule has 1 aliphatic heterocycles. The molecule has 4 rings (SSSR count). The Hall–Kier alpha value is -2.71. The number of nitrogens with zero attached hydrogens (tertiary/aromatic N) is 1. The van der Waals surface area contributed by atoms with Crippen LogP contribution in [0.4, 0.5) is 0 Å². The van der Waals surface area contributed by atoms with Crippen LogP contribution in [0.5, 0.6) is 0 Å². The van der Waals surface area contributed by atoms with E-state index in [-0.39, 0.29) is 29.4 Å². The average molecular weight is 527 g/mol. The fourth-order valence-corrected chi connectivity index (χ4v) is 6.24. The molecule has 1 fully saturated rings. The van der Waals surface area contributed by atoms with E-state index in [4.69, 9.17) is 16.3 Å². The maximum atomic E-state index is 13.8. The molecule has 6 nitrogen and oxygen atoms in total.